The molecule has 0 aliphatic carbocycles. The Kier molecular flexibility index (Phi) is 5.38. The lowest BCUT2D eigenvalue weighted by atomic mass is 10.1. The van der Waals surface area contributed by atoms with Crippen LogP contribution in [0.4, 0.5) is 5.69 Å². The molecule has 30 heavy (non-hydrogen) atoms. The molecule has 2 fully saturated rings. The number of sulfone groups is 1. The fourth-order valence-electron chi connectivity index (χ4n) is 4.76. The zero-order valence-corrected chi connectivity index (χ0v) is 19.0. The summed E-state index contributed by atoms with van der Waals surface area (Å²) in [6, 6.07) is 6.31. The van der Waals surface area contributed by atoms with Crippen LogP contribution in [-0.2, 0) is 9.84 Å². The highest BCUT2D eigenvalue weighted by Crippen LogP contribution is 2.28. The van der Waals surface area contributed by atoms with Crippen molar-refractivity contribution in [2.45, 2.75) is 40.2 Å². The summed E-state index contributed by atoms with van der Waals surface area (Å²) in [5.41, 5.74) is 5.82. The molecule has 1 atom stereocenters. The van der Waals surface area contributed by atoms with E-state index in [0.29, 0.717) is 30.8 Å². The first kappa shape index (κ1) is 20.9. The highest BCUT2D eigenvalue weighted by molar-refractivity contribution is 7.91. The van der Waals surface area contributed by atoms with Gasteiger partial charge in [0, 0.05) is 37.6 Å². The number of hydrogen-bond donors (Lipinski definition) is 0. The SMILES string of the molecule is Cc1ccc(N2CCN(C(=O)c3c(C)nn(C4CCS(=O)(=O)C4)c3C)CC2)c(C)c1. The van der Waals surface area contributed by atoms with Gasteiger partial charge in [-0.15, -0.1) is 0 Å². The fraction of sp³-hybridized carbons (Fsp3) is 0.545. The molecule has 4 rings (SSSR count). The monoisotopic (exact) mass is 430 g/mol. The van der Waals surface area contributed by atoms with Crippen molar-refractivity contribution in [1.82, 2.24) is 14.7 Å². The van der Waals surface area contributed by atoms with E-state index in [1.54, 1.807) is 4.68 Å². The van der Waals surface area contributed by atoms with E-state index in [1.807, 2.05) is 18.7 Å². The summed E-state index contributed by atoms with van der Waals surface area (Å²) in [6.07, 6.45) is 0.562. The summed E-state index contributed by atoms with van der Waals surface area (Å²) in [4.78, 5) is 17.5. The van der Waals surface area contributed by atoms with Crippen molar-refractivity contribution in [1.29, 1.82) is 0 Å². The molecule has 2 aliphatic rings. The molecule has 2 saturated heterocycles. The number of piperazine rings is 1. The molecule has 1 aromatic carbocycles. The average molecular weight is 431 g/mol. The van der Waals surface area contributed by atoms with Crippen LogP contribution in [0, 0.1) is 27.7 Å². The van der Waals surface area contributed by atoms with Crippen molar-refractivity contribution < 1.29 is 13.2 Å². The molecular formula is C22H30N4O3S. The normalized spacial score (nSPS) is 21.3. The van der Waals surface area contributed by atoms with Crippen LogP contribution in [0.1, 0.15) is 45.3 Å². The standard InChI is InChI=1S/C22H30N4O3S/c1-15-5-6-20(16(2)13-15)24-8-10-25(11-9-24)22(27)21-17(3)23-26(18(21)4)19-7-12-30(28,29)14-19/h5-6,13,19H,7-12,14H2,1-4H3. The van der Waals surface area contributed by atoms with Crippen molar-refractivity contribution in [3.63, 3.8) is 0 Å². The first-order valence-corrected chi connectivity index (χ1v) is 12.4. The van der Waals surface area contributed by atoms with Gasteiger partial charge < -0.3 is 9.80 Å². The van der Waals surface area contributed by atoms with Crippen LogP contribution < -0.4 is 4.90 Å². The third kappa shape index (κ3) is 3.85. The Bertz CT molecular complexity index is 1080. The van der Waals surface area contributed by atoms with Crippen LogP contribution in [0.25, 0.3) is 0 Å². The molecule has 0 saturated carbocycles. The van der Waals surface area contributed by atoms with Crippen LogP contribution in [0.5, 0.6) is 0 Å². The fourth-order valence-corrected chi connectivity index (χ4v) is 6.46. The molecule has 8 heteroatoms. The van der Waals surface area contributed by atoms with E-state index < -0.39 is 9.84 Å². The second-order valence-electron chi connectivity index (χ2n) is 8.62. The highest BCUT2D eigenvalue weighted by Gasteiger charge is 2.33. The van der Waals surface area contributed by atoms with Gasteiger partial charge in [0.15, 0.2) is 9.84 Å². The number of nitrogens with zero attached hydrogens (tertiary/aromatic N) is 4. The van der Waals surface area contributed by atoms with Gasteiger partial charge in [0.05, 0.1) is 28.8 Å². The lowest BCUT2D eigenvalue weighted by Crippen LogP contribution is -2.49. The van der Waals surface area contributed by atoms with Gasteiger partial charge in [-0.1, -0.05) is 17.7 Å². The van der Waals surface area contributed by atoms with Gasteiger partial charge in [0.25, 0.3) is 5.91 Å². The zero-order valence-electron chi connectivity index (χ0n) is 18.2. The predicted molar refractivity (Wildman–Crippen MR) is 118 cm³/mol. The molecule has 1 amide bonds. The van der Waals surface area contributed by atoms with Crippen molar-refractivity contribution in [2.24, 2.45) is 0 Å². The number of rotatable bonds is 3. The van der Waals surface area contributed by atoms with E-state index in [9.17, 15) is 13.2 Å². The number of anilines is 1. The molecule has 3 heterocycles. The average Bonchev–Trinajstić information content (AvgIpc) is 3.19. The third-order valence-corrected chi connectivity index (χ3v) is 8.10. The zero-order chi connectivity index (χ0) is 21.6. The van der Waals surface area contributed by atoms with Gasteiger partial charge in [-0.3, -0.25) is 9.48 Å². The molecule has 162 valence electrons. The molecule has 0 radical (unpaired) electrons. The summed E-state index contributed by atoms with van der Waals surface area (Å²) in [7, 11) is -3.01. The quantitative estimate of drug-likeness (QED) is 0.748. The van der Waals surface area contributed by atoms with E-state index in [1.165, 1.54) is 16.8 Å². The number of aryl methyl sites for hydroxylation is 3. The molecule has 0 N–H and O–H groups in total. The summed E-state index contributed by atoms with van der Waals surface area (Å²) < 4.78 is 25.5. The number of benzene rings is 1. The Morgan fingerprint density at radius 2 is 1.77 bits per heavy atom. The Morgan fingerprint density at radius 1 is 1.07 bits per heavy atom. The number of carbonyl (C=O) groups is 1. The van der Waals surface area contributed by atoms with Crippen LogP contribution >= 0.6 is 0 Å². The molecule has 1 unspecified atom stereocenters. The molecule has 1 aromatic heterocycles. The smallest absolute Gasteiger partial charge is 0.257 e. The topological polar surface area (TPSA) is 75.5 Å². The van der Waals surface area contributed by atoms with Crippen LogP contribution in [0.15, 0.2) is 18.2 Å². The van der Waals surface area contributed by atoms with E-state index in [0.717, 1.165) is 18.8 Å². The minimum absolute atomic E-state index is 0.00242. The first-order valence-electron chi connectivity index (χ1n) is 10.5. The van der Waals surface area contributed by atoms with Crippen molar-refractivity contribution in [3.8, 4) is 0 Å². The Morgan fingerprint density at radius 3 is 2.37 bits per heavy atom. The van der Waals surface area contributed by atoms with E-state index in [4.69, 9.17) is 0 Å². The lowest BCUT2D eigenvalue weighted by molar-refractivity contribution is 0.0745. The molecule has 2 aliphatic heterocycles. The van der Waals surface area contributed by atoms with E-state index >= 15 is 0 Å². The molecular weight excluding hydrogens is 400 g/mol. The summed E-state index contributed by atoms with van der Waals surface area (Å²) in [5, 5.41) is 4.55. The molecule has 2 aromatic rings. The second kappa shape index (κ2) is 7.72. The number of amides is 1. The second-order valence-corrected chi connectivity index (χ2v) is 10.8. The summed E-state index contributed by atoms with van der Waals surface area (Å²) >= 11 is 0. The Labute approximate surface area is 178 Å². The van der Waals surface area contributed by atoms with Gasteiger partial charge >= 0.3 is 0 Å². The number of aromatic nitrogens is 2. The van der Waals surface area contributed by atoms with Crippen LogP contribution in [-0.4, -0.2) is 66.7 Å². The van der Waals surface area contributed by atoms with Crippen LogP contribution in [0.3, 0.4) is 0 Å². The van der Waals surface area contributed by atoms with Crippen molar-refractivity contribution in [3.05, 3.63) is 46.3 Å². The van der Waals surface area contributed by atoms with Gasteiger partial charge in [-0.2, -0.15) is 5.10 Å². The van der Waals surface area contributed by atoms with Crippen LogP contribution in [0.2, 0.25) is 0 Å². The van der Waals surface area contributed by atoms with Gasteiger partial charge in [-0.25, -0.2) is 8.42 Å². The summed E-state index contributed by atoms with van der Waals surface area (Å²) in [5.74, 6) is 0.300. The van der Waals surface area contributed by atoms with E-state index in [2.05, 4.69) is 42.0 Å². The minimum atomic E-state index is -3.01. The largest absolute Gasteiger partial charge is 0.368 e. The van der Waals surface area contributed by atoms with Gasteiger partial charge in [-0.05, 0) is 45.7 Å². The highest BCUT2D eigenvalue weighted by atomic mass is 32.2. The molecule has 0 spiro atoms. The molecule has 0 bridgehead atoms. The van der Waals surface area contributed by atoms with Gasteiger partial charge in [0.1, 0.15) is 0 Å². The number of hydrogen-bond acceptors (Lipinski definition) is 5. The Balaban J connectivity index is 1.48. The maximum atomic E-state index is 13.3. The third-order valence-electron chi connectivity index (χ3n) is 6.35. The molecule has 7 nitrogen and oxygen atoms in total. The lowest BCUT2D eigenvalue weighted by Gasteiger charge is -2.37. The summed E-state index contributed by atoms with van der Waals surface area (Å²) in [6.45, 7) is 10.9. The minimum Gasteiger partial charge on any atom is -0.368 e. The first-order chi connectivity index (χ1) is 14.2. The van der Waals surface area contributed by atoms with Gasteiger partial charge in [0.2, 0.25) is 0 Å². The Hall–Kier alpha value is -2.35. The number of carbonyl (C=O) groups excluding carboxylic acids is 1. The predicted octanol–water partition coefficient (Wildman–Crippen LogP) is 2.44. The maximum absolute atomic E-state index is 13.3. The van der Waals surface area contributed by atoms with Crippen molar-refractivity contribution in [2.75, 3.05) is 42.6 Å². The van der Waals surface area contributed by atoms with E-state index in [-0.39, 0.29) is 23.5 Å². The van der Waals surface area contributed by atoms with Crippen molar-refractivity contribution >= 4 is 21.4 Å². The maximum Gasteiger partial charge on any atom is 0.257 e.